The topological polar surface area (TPSA) is 16.1 Å². The van der Waals surface area contributed by atoms with E-state index in [2.05, 4.69) is 37.0 Å². The van der Waals surface area contributed by atoms with Crippen LogP contribution in [0.2, 0.25) is 0 Å². The molecule has 1 heterocycles. The highest BCUT2D eigenvalue weighted by Gasteiger charge is 2.02. The second-order valence-electron chi connectivity index (χ2n) is 2.85. The summed E-state index contributed by atoms with van der Waals surface area (Å²) in [4.78, 5) is 6.01. The minimum atomic E-state index is 0.519. The second kappa shape index (κ2) is 3.37. The van der Waals surface area contributed by atoms with E-state index in [-0.39, 0.29) is 0 Å². The molecule has 0 saturated carbocycles. The summed E-state index contributed by atoms with van der Waals surface area (Å²) in [7, 11) is 2.06. The molecular formula is C9H13N2. The van der Waals surface area contributed by atoms with Gasteiger partial charge in [-0.1, -0.05) is 0 Å². The van der Waals surface area contributed by atoms with Crippen molar-refractivity contribution in [2.45, 2.75) is 19.9 Å². The summed E-state index contributed by atoms with van der Waals surface area (Å²) in [5.74, 6) is 0. The van der Waals surface area contributed by atoms with E-state index >= 15 is 0 Å². The number of hydrogen-bond donors (Lipinski definition) is 0. The molecule has 0 N–H and O–H groups in total. The van der Waals surface area contributed by atoms with Crippen LogP contribution in [0.4, 0.5) is 5.69 Å². The summed E-state index contributed by atoms with van der Waals surface area (Å²) in [6.07, 6.45) is 4.56. The molecule has 2 heteroatoms. The van der Waals surface area contributed by atoms with E-state index in [4.69, 9.17) is 0 Å². The van der Waals surface area contributed by atoms with Gasteiger partial charge in [0.25, 0.3) is 0 Å². The van der Waals surface area contributed by atoms with Crippen LogP contribution in [0, 0.1) is 6.20 Å². The van der Waals surface area contributed by atoms with Crippen LogP contribution in [0.15, 0.2) is 18.3 Å². The largest absolute Gasteiger partial charge is 0.372 e. The van der Waals surface area contributed by atoms with Gasteiger partial charge in [-0.15, -0.1) is 0 Å². The van der Waals surface area contributed by atoms with Crippen LogP contribution < -0.4 is 4.90 Å². The Morgan fingerprint density at radius 3 is 2.73 bits per heavy atom. The van der Waals surface area contributed by atoms with E-state index in [1.165, 1.54) is 0 Å². The molecule has 1 aromatic heterocycles. The Morgan fingerprint density at radius 1 is 1.55 bits per heavy atom. The van der Waals surface area contributed by atoms with E-state index in [0.29, 0.717) is 6.04 Å². The first-order chi connectivity index (χ1) is 5.22. The monoisotopic (exact) mass is 149 g/mol. The van der Waals surface area contributed by atoms with Crippen LogP contribution in [0.3, 0.4) is 0 Å². The molecule has 0 unspecified atom stereocenters. The Labute approximate surface area is 67.9 Å². The molecule has 0 saturated heterocycles. The number of rotatable bonds is 2. The molecule has 1 rings (SSSR count). The lowest BCUT2D eigenvalue weighted by atomic mass is 10.3. The number of pyridine rings is 1. The molecule has 1 aromatic rings. The van der Waals surface area contributed by atoms with Crippen molar-refractivity contribution >= 4 is 5.69 Å². The highest BCUT2D eigenvalue weighted by atomic mass is 15.1. The lowest BCUT2D eigenvalue weighted by Gasteiger charge is -2.23. The number of aromatic nitrogens is 1. The van der Waals surface area contributed by atoms with Crippen molar-refractivity contribution in [1.82, 2.24) is 4.98 Å². The first kappa shape index (κ1) is 8.05. The maximum absolute atomic E-state index is 3.84. The molecule has 0 fully saturated rings. The van der Waals surface area contributed by atoms with Gasteiger partial charge in [0.05, 0.1) is 6.20 Å². The maximum atomic E-state index is 3.84. The molecule has 11 heavy (non-hydrogen) atoms. The number of hydrogen-bond acceptors (Lipinski definition) is 2. The Bertz CT molecular complexity index is 206. The lowest BCUT2D eigenvalue weighted by Crippen LogP contribution is -2.25. The zero-order valence-electron chi connectivity index (χ0n) is 7.20. The molecule has 59 valence electrons. The Balaban J connectivity index is 2.77. The van der Waals surface area contributed by atoms with Crippen LogP contribution in [0.25, 0.3) is 0 Å². The van der Waals surface area contributed by atoms with Crippen molar-refractivity contribution in [2.24, 2.45) is 0 Å². The fraction of sp³-hybridized carbons (Fsp3) is 0.444. The van der Waals surface area contributed by atoms with Crippen molar-refractivity contribution in [2.75, 3.05) is 11.9 Å². The summed E-state index contributed by atoms with van der Waals surface area (Å²) in [5, 5.41) is 0. The molecule has 1 radical (unpaired) electrons. The van der Waals surface area contributed by atoms with E-state index in [9.17, 15) is 0 Å². The molecule has 0 bridgehead atoms. The number of nitrogens with zero attached hydrogens (tertiary/aromatic N) is 2. The van der Waals surface area contributed by atoms with E-state index in [0.717, 1.165) is 5.69 Å². The third kappa shape index (κ3) is 1.93. The molecule has 0 aliphatic carbocycles. The molecular weight excluding hydrogens is 136 g/mol. The van der Waals surface area contributed by atoms with Gasteiger partial charge in [0.1, 0.15) is 0 Å². The van der Waals surface area contributed by atoms with Crippen molar-refractivity contribution < 1.29 is 0 Å². The third-order valence-corrected chi connectivity index (χ3v) is 1.79. The molecule has 0 atom stereocenters. The molecule has 2 nitrogen and oxygen atoms in total. The first-order valence-electron chi connectivity index (χ1n) is 3.76. The van der Waals surface area contributed by atoms with Crippen molar-refractivity contribution in [1.29, 1.82) is 0 Å². The second-order valence-corrected chi connectivity index (χ2v) is 2.85. The van der Waals surface area contributed by atoms with Gasteiger partial charge in [-0.2, -0.15) is 0 Å². The fourth-order valence-electron chi connectivity index (χ4n) is 0.826. The minimum Gasteiger partial charge on any atom is -0.372 e. The van der Waals surface area contributed by atoms with Crippen LogP contribution in [-0.2, 0) is 0 Å². The van der Waals surface area contributed by atoms with E-state index < -0.39 is 0 Å². The SMILES string of the molecule is CC(C)N(C)c1c[c]ncc1. The lowest BCUT2D eigenvalue weighted by molar-refractivity contribution is 0.754. The van der Waals surface area contributed by atoms with Gasteiger partial charge in [-0.25, -0.2) is 0 Å². The Kier molecular flexibility index (Phi) is 2.47. The molecule has 0 aromatic carbocycles. The van der Waals surface area contributed by atoms with Crippen molar-refractivity contribution in [3.63, 3.8) is 0 Å². The average Bonchev–Trinajstić information content (AvgIpc) is 2.05. The number of anilines is 1. The Morgan fingerprint density at radius 2 is 2.27 bits per heavy atom. The zero-order valence-corrected chi connectivity index (χ0v) is 7.20. The van der Waals surface area contributed by atoms with Gasteiger partial charge in [0, 0.05) is 25.0 Å². The highest BCUT2D eigenvalue weighted by Crippen LogP contribution is 2.11. The van der Waals surface area contributed by atoms with Gasteiger partial charge in [-0.05, 0) is 26.0 Å². The third-order valence-electron chi connectivity index (χ3n) is 1.79. The van der Waals surface area contributed by atoms with Crippen LogP contribution in [-0.4, -0.2) is 18.1 Å². The summed E-state index contributed by atoms with van der Waals surface area (Å²) < 4.78 is 0. The summed E-state index contributed by atoms with van der Waals surface area (Å²) in [6.45, 7) is 4.31. The van der Waals surface area contributed by atoms with Gasteiger partial charge < -0.3 is 4.90 Å². The smallest absolute Gasteiger partial charge is 0.0907 e. The average molecular weight is 149 g/mol. The maximum Gasteiger partial charge on any atom is 0.0907 e. The Hall–Kier alpha value is -1.05. The van der Waals surface area contributed by atoms with E-state index in [1.807, 2.05) is 12.1 Å². The highest BCUT2D eigenvalue weighted by molar-refractivity contribution is 5.43. The molecule has 0 spiro atoms. The summed E-state index contributed by atoms with van der Waals surface area (Å²) in [5.41, 5.74) is 1.16. The van der Waals surface area contributed by atoms with Crippen LogP contribution >= 0.6 is 0 Å². The first-order valence-corrected chi connectivity index (χ1v) is 3.76. The molecule has 0 amide bonds. The zero-order chi connectivity index (χ0) is 8.27. The van der Waals surface area contributed by atoms with Crippen molar-refractivity contribution in [3.8, 4) is 0 Å². The van der Waals surface area contributed by atoms with Crippen molar-refractivity contribution in [3.05, 3.63) is 24.5 Å². The normalized spacial score (nSPS) is 10.2. The standard InChI is InChI=1S/C9H13N2/c1-8(2)11(3)9-4-6-10-7-5-9/h4-6,8H,1-3H3. The van der Waals surface area contributed by atoms with Gasteiger partial charge in [-0.3, -0.25) is 4.98 Å². The van der Waals surface area contributed by atoms with E-state index in [1.54, 1.807) is 6.20 Å². The van der Waals surface area contributed by atoms with Gasteiger partial charge in [0.2, 0.25) is 0 Å². The van der Waals surface area contributed by atoms with Gasteiger partial charge in [0.15, 0.2) is 0 Å². The fourth-order valence-corrected chi connectivity index (χ4v) is 0.826. The predicted octanol–water partition coefficient (Wildman–Crippen LogP) is 1.73. The minimum absolute atomic E-state index is 0.519. The molecule has 0 aliphatic rings. The predicted molar refractivity (Wildman–Crippen MR) is 46.6 cm³/mol. The quantitative estimate of drug-likeness (QED) is 0.636. The molecule has 0 aliphatic heterocycles. The van der Waals surface area contributed by atoms with Crippen LogP contribution in [0.5, 0.6) is 0 Å². The summed E-state index contributed by atoms with van der Waals surface area (Å²) in [6, 6.07) is 4.39. The summed E-state index contributed by atoms with van der Waals surface area (Å²) >= 11 is 0. The van der Waals surface area contributed by atoms with Crippen LogP contribution in [0.1, 0.15) is 13.8 Å². The van der Waals surface area contributed by atoms with Gasteiger partial charge >= 0.3 is 0 Å².